The van der Waals surface area contributed by atoms with E-state index in [1.54, 1.807) is 26.4 Å². The van der Waals surface area contributed by atoms with E-state index in [1.807, 2.05) is 90.1 Å². The van der Waals surface area contributed by atoms with E-state index in [-0.39, 0.29) is 23.1 Å². The number of carbonyl (C=O) groups is 4. The summed E-state index contributed by atoms with van der Waals surface area (Å²) in [4.78, 5) is 50.5. The van der Waals surface area contributed by atoms with Crippen molar-refractivity contribution in [1.82, 2.24) is 0 Å². The molecule has 0 amide bonds. The molecule has 6 rings (SSSR count). The lowest BCUT2D eigenvalue weighted by atomic mass is 9.51. The van der Waals surface area contributed by atoms with E-state index < -0.39 is 33.5 Å². The third-order valence-corrected chi connectivity index (χ3v) is 10.5. The minimum atomic E-state index is -0.746. The molecule has 228 valence electrons. The van der Waals surface area contributed by atoms with Gasteiger partial charge in [-0.25, -0.2) is 0 Å². The Morgan fingerprint density at radius 3 is 1.25 bits per heavy atom. The number of benzene rings is 2. The second-order valence-corrected chi connectivity index (χ2v) is 13.8. The Kier molecular flexibility index (Phi) is 7.15. The highest BCUT2D eigenvalue weighted by Gasteiger charge is 2.57. The molecule has 0 spiro atoms. The van der Waals surface area contributed by atoms with Gasteiger partial charge in [0.2, 0.25) is 0 Å². The van der Waals surface area contributed by atoms with Gasteiger partial charge in [0.25, 0.3) is 0 Å². The summed E-state index contributed by atoms with van der Waals surface area (Å²) in [5, 5.41) is 0. The number of allylic oxidation sites excluding steroid dienone is 6. The summed E-state index contributed by atoms with van der Waals surface area (Å²) in [7, 11) is 3.24. The van der Waals surface area contributed by atoms with E-state index in [9.17, 15) is 19.2 Å². The first kappa shape index (κ1) is 31.1. The molecule has 2 aromatic rings. The quantitative estimate of drug-likeness (QED) is 0.363. The van der Waals surface area contributed by atoms with Crippen LogP contribution in [0.15, 0.2) is 73.9 Å². The number of hydrogen-bond donors (Lipinski definition) is 0. The molecule has 0 N–H and O–H groups in total. The Balaban J connectivity index is 0.000000175. The predicted octanol–water partition coefficient (Wildman–Crippen LogP) is 6.66. The Morgan fingerprint density at radius 1 is 0.591 bits per heavy atom. The standard InChI is InChI=1S/2C19H20O3/c2*1-11-13-7-6-12(22-5)10-14(13)19(4)9-8-15(20)18(2,3)17(19)16(11)21/h2*6-10,17H,1H2,2-5H3/t17?,19-;/m1./s1. The lowest BCUT2D eigenvalue weighted by molar-refractivity contribution is -0.135. The van der Waals surface area contributed by atoms with Crippen LogP contribution in [0.5, 0.6) is 11.5 Å². The van der Waals surface area contributed by atoms with E-state index in [0.29, 0.717) is 11.1 Å². The highest BCUT2D eigenvalue weighted by molar-refractivity contribution is 6.26. The van der Waals surface area contributed by atoms with Crippen molar-refractivity contribution in [3.63, 3.8) is 0 Å². The SMILES string of the molecule is C=C1C(=O)C2C(C)(C)C(=O)C=CC2(C)c2cc(OC)ccc21.C=C1C(=O)C2C(C)(C)C(=O)C=C[C@]2(C)c2cc(OC)ccc21. The molecular formula is C38H40O6. The molecule has 44 heavy (non-hydrogen) atoms. The van der Waals surface area contributed by atoms with Gasteiger partial charge in [-0.2, -0.15) is 0 Å². The lowest BCUT2D eigenvalue weighted by Gasteiger charge is -2.49. The Bertz CT molecular complexity index is 1610. The molecule has 6 nitrogen and oxygen atoms in total. The normalized spacial score (nSPS) is 29.1. The van der Waals surface area contributed by atoms with Gasteiger partial charge in [-0.05, 0) is 58.7 Å². The fourth-order valence-corrected chi connectivity index (χ4v) is 7.93. The Morgan fingerprint density at radius 2 is 0.932 bits per heavy atom. The summed E-state index contributed by atoms with van der Waals surface area (Å²) in [5.41, 5.74) is 2.11. The molecule has 6 heteroatoms. The summed E-state index contributed by atoms with van der Waals surface area (Å²) < 4.78 is 10.7. The minimum Gasteiger partial charge on any atom is -0.497 e. The largest absolute Gasteiger partial charge is 0.497 e. The van der Waals surface area contributed by atoms with Crippen LogP contribution in [0.4, 0.5) is 0 Å². The monoisotopic (exact) mass is 592 g/mol. The molecule has 3 unspecified atom stereocenters. The number of ketones is 4. The van der Waals surface area contributed by atoms with Crippen molar-refractivity contribution in [1.29, 1.82) is 0 Å². The summed E-state index contributed by atoms with van der Waals surface area (Å²) in [6, 6.07) is 11.3. The maximum absolute atomic E-state index is 12.9. The number of fused-ring (bicyclic) bond motifs is 6. The molecule has 4 atom stereocenters. The predicted molar refractivity (Wildman–Crippen MR) is 172 cm³/mol. The molecule has 0 saturated carbocycles. The molecule has 4 aliphatic rings. The fourth-order valence-electron chi connectivity index (χ4n) is 7.93. The van der Waals surface area contributed by atoms with Gasteiger partial charge in [-0.15, -0.1) is 0 Å². The van der Waals surface area contributed by atoms with E-state index in [0.717, 1.165) is 33.8 Å². The third-order valence-electron chi connectivity index (χ3n) is 10.5. The van der Waals surface area contributed by atoms with Crippen molar-refractivity contribution in [2.45, 2.75) is 52.4 Å². The number of methoxy groups -OCH3 is 2. The molecular weight excluding hydrogens is 552 g/mol. The van der Waals surface area contributed by atoms with Gasteiger partial charge in [0, 0.05) is 44.6 Å². The van der Waals surface area contributed by atoms with Crippen LogP contribution >= 0.6 is 0 Å². The van der Waals surface area contributed by atoms with Gasteiger partial charge in [0.05, 0.1) is 14.2 Å². The summed E-state index contributed by atoms with van der Waals surface area (Å²) in [5.74, 6) is 0.498. The average Bonchev–Trinajstić information content (AvgIpc) is 2.99. The van der Waals surface area contributed by atoms with E-state index in [1.165, 1.54) is 0 Å². The van der Waals surface area contributed by atoms with Gasteiger partial charge < -0.3 is 9.47 Å². The smallest absolute Gasteiger partial charge is 0.168 e. The molecule has 4 aliphatic carbocycles. The van der Waals surface area contributed by atoms with E-state index in [2.05, 4.69) is 13.2 Å². The van der Waals surface area contributed by atoms with Crippen molar-refractivity contribution >= 4 is 34.3 Å². The van der Waals surface area contributed by atoms with Gasteiger partial charge >= 0.3 is 0 Å². The Labute approximate surface area is 259 Å². The van der Waals surface area contributed by atoms with Crippen molar-refractivity contribution in [2.75, 3.05) is 14.2 Å². The van der Waals surface area contributed by atoms with Crippen LogP contribution in [0, 0.1) is 22.7 Å². The zero-order chi connectivity index (χ0) is 32.6. The molecule has 0 saturated heterocycles. The molecule has 2 aromatic carbocycles. The van der Waals surface area contributed by atoms with Gasteiger partial charge in [-0.1, -0.05) is 79.0 Å². The summed E-state index contributed by atoms with van der Waals surface area (Å²) in [6.07, 6.45) is 6.96. The molecule has 0 aromatic heterocycles. The van der Waals surface area contributed by atoms with E-state index >= 15 is 0 Å². The first-order valence-corrected chi connectivity index (χ1v) is 14.8. The highest BCUT2D eigenvalue weighted by Crippen LogP contribution is 2.56. The zero-order valence-corrected chi connectivity index (χ0v) is 26.8. The molecule has 0 heterocycles. The Hall–Kier alpha value is -4.32. The number of rotatable bonds is 2. The number of ether oxygens (including phenoxy) is 2. The zero-order valence-electron chi connectivity index (χ0n) is 26.8. The van der Waals surface area contributed by atoms with Gasteiger partial charge in [0.15, 0.2) is 23.1 Å². The van der Waals surface area contributed by atoms with Crippen molar-refractivity contribution in [2.24, 2.45) is 22.7 Å². The first-order chi connectivity index (χ1) is 20.5. The molecule has 0 fully saturated rings. The number of Topliss-reactive ketones (excluding diaryl/α,β-unsaturated/α-hetero) is 2. The average molecular weight is 593 g/mol. The van der Waals surface area contributed by atoms with Crippen LogP contribution < -0.4 is 9.47 Å². The van der Waals surface area contributed by atoms with E-state index in [4.69, 9.17) is 9.47 Å². The van der Waals surface area contributed by atoms with Gasteiger partial charge in [0.1, 0.15) is 11.5 Å². The van der Waals surface area contributed by atoms with Crippen LogP contribution in [0.3, 0.4) is 0 Å². The molecule has 0 aliphatic heterocycles. The van der Waals surface area contributed by atoms with Gasteiger partial charge in [-0.3, -0.25) is 19.2 Å². The van der Waals surface area contributed by atoms with Crippen molar-refractivity contribution in [3.05, 3.63) is 96.1 Å². The second kappa shape index (κ2) is 10.1. The van der Waals surface area contributed by atoms with Crippen LogP contribution in [0.1, 0.15) is 63.8 Å². The number of carbonyl (C=O) groups excluding carboxylic acids is 4. The topological polar surface area (TPSA) is 86.7 Å². The van der Waals surface area contributed by atoms with Crippen LogP contribution in [0.2, 0.25) is 0 Å². The molecule has 0 radical (unpaired) electrons. The third kappa shape index (κ3) is 4.21. The lowest BCUT2D eigenvalue weighted by Crippen LogP contribution is -2.53. The summed E-state index contributed by atoms with van der Waals surface area (Å²) in [6.45, 7) is 19.4. The number of hydrogen-bond acceptors (Lipinski definition) is 6. The summed E-state index contributed by atoms with van der Waals surface area (Å²) >= 11 is 0. The van der Waals surface area contributed by atoms with Crippen LogP contribution in [-0.4, -0.2) is 37.4 Å². The maximum Gasteiger partial charge on any atom is 0.168 e. The van der Waals surface area contributed by atoms with Crippen molar-refractivity contribution < 1.29 is 28.7 Å². The van der Waals surface area contributed by atoms with Crippen LogP contribution in [0.25, 0.3) is 11.1 Å². The molecule has 0 bridgehead atoms. The first-order valence-electron chi connectivity index (χ1n) is 14.8. The van der Waals surface area contributed by atoms with Crippen molar-refractivity contribution in [3.8, 4) is 11.5 Å². The second-order valence-electron chi connectivity index (χ2n) is 13.8. The highest BCUT2D eigenvalue weighted by atomic mass is 16.5. The van der Waals surface area contributed by atoms with Crippen LogP contribution in [-0.2, 0) is 30.0 Å². The minimum absolute atomic E-state index is 0.0116. The maximum atomic E-state index is 12.9. The fraction of sp³-hybridized carbons (Fsp3) is 0.368.